The van der Waals surface area contributed by atoms with Gasteiger partial charge in [0.1, 0.15) is 0 Å². The van der Waals surface area contributed by atoms with Crippen LogP contribution in [0.5, 0.6) is 0 Å². The van der Waals surface area contributed by atoms with Gasteiger partial charge in [0.05, 0.1) is 0 Å². The van der Waals surface area contributed by atoms with Crippen LogP contribution in [0.25, 0.3) is 0 Å². The van der Waals surface area contributed by atoms with Gasteiger partial charge in [0, 0.05) is 10.6 Å². The van der Waals surface area contributed by atoms with Crippen molar-refractivity contribution in [2.24, 2.45) is 11.8 Å². The Labute approximate surface area is 168 Å². The molecular weight excluding hydrogens is 334 g/mol. The topological polar surface area (TPSA) is 40.1 Å². The average molecular weight is 358 g/mol. The van der Waals surface area contributed by atoms with Gasteiger partial charge in [-0.25, -0.2) is 0 Å². The summed E-state index contributed by atoms with van der Waals surface area (Å²) in [6.07, 6.45) is 3.59. The van der Waals surface area contributed by atoms with Crippen LogP contribution in [0.3, 0.4) is 0 Å². The number of rotatable bonds is 5. The van der Waals surface area contributed by atoms with Crippen molar-refractivity contribution in [3.63, 3.8) is 0 Å². The molecule has 4 heteroatoms. The van der Waals surface area contributed by atoms with Crippen LogP contribution in [-0.2, 0) is 4.57 Å². The standard InChI is InChI=1S/C22H25O2P.Li/c1-17(21-13-14-22(23)18(21)2)15-16-25(24,19-9-5-3-6-10-19)20-11-7-4-8-12-20;/h3-12,15-17,21,23H,13-14H2,1-2H3;/q;+1/p-1/b16-15+;/t17-,21+;/m0./s1. The van der Waals surface area contributed by atoms with Crippen LogP contribution in [0.2, 0.25) is 0 Å². The zero-order chi connectivity index (χ0) is 17.9. The second kappa shape index (κ2) is 8.96. The van der Waals surface area contributed by atoms with Crippen LogP contribution in [0.15, 0.2) is 83.9 Å². The van der Waals surface area contributed by atoms with Crippen molar-refractivity contribution < 1.29 is 28.5 Å². The maximum absolute atomic E-state index is 13.9. The van der Waals surface area contributed by atoms with Crippen molar-refractivity contribution in [3.05, 3.63) is 83.9 Å². The Bertz CT molecular complexity index is 784. The van der Waals surface area contributed by atoms with Crippen molar-refractivity contribution in [2.75, 3.05) is 0 Å². The van der Waals surface area contributed by atoms with E-state index in [0.29, 0.717) is 6.42 Å². The number of allylic oxidation sites excluding steroid dienone is 3. The number of benzene rings is 2. The molecule has 0 radical (unpaired) electrons. The van der Waals surface area contributed by atoms with Gasteiger partial charge >= 0.3 is 18.9 Å². The van der Waals surface area contributed by atoms with Gasteiger partial charge in [-0.1, -0.05) is 79.2 Å². The Morgan fingerprint density at radius 1 is 1.04 bits per heavy atom. The minimum atomic E-state index is -2.83. The van der Waals surface area contributed by atoms with E-state index in [9.17, 15) is 9.67 Å². The summed E-state index contributed by atoms with van der Waals surface area (Å²) in [4.78, 5) is 0. The van der Waals surface area contributed by atoms with Crippen LogP contribution in [0.1, 0.15) is 26.7 Å². The monoisotopic (exact) mass is 358 g/mol. The summed E-state index contributed by atoms with van der Waals surface area (Å²) < 4.78 is 13.9. The van der Waals surface area contributed by atoms with Crippen molar-refractivity contribution in [2.45, 2.75) is 26.7 Å². The fourth-order valence-electron chi connectivity index (χ4n) is 3.58. The second-order valence-electron chi connectivity index (χ2n) is 6.78. The molecule has 0 amide bonds. The first-order valence-electron chi connectivity index (χ1n) is 8.79. The molecule has 2 atom stereocenters. The van der Waals surface area contributed by atoms with Gasteiger partial charge in [0.2, 0.25) is 0 Å². The van der Waals surface area contributed by atoms with Crippen LogP contribution in [-0.4, -0.2) is 0 Å². The predicted molar refractivity (Wildman–Crippen MR) is 103 cm³/mol. The summed E-state index contributed by atoms with van der Waals surface area (Å²) in [5.41, 5.74) is 0.964. The average Bonchev–Trinajstić information content (AvgIpc) is 3.00. The molecule has 0 saturated carbocycles. The van der Waals surface area contributed by atoms with E-state index in [1.54, 1.807) is 0 Å². The normalized spacial score (nSPS) is 18.8. The molecule has 0 unspecified atom stereocenters. The van der Waals surface area contributed by atoms with E-state index in [1.165, 1.54) is 0 Å². The van der Waals surface area contributed by atoms with Crippen LogP contribution in [0.4, 0.5) is 0 Å². The quantitative estimate of drug-likeness (QED) is 0.595. The smallest absolute Gasteiger partial charge is 0.875 e. The van der Waals surface area contributed by atoms with Gasteiger partial charge in [0.25, 0.3) is 0 Å². The third kappa shape index (κ3) is 4.26. The van der Waals surface area contributed by atoms with Crippen LogP contribution >= 0.6 is 7.14 Å². The van der Waals surface area contributed by atoms with Gasteiger partial charge in [-0.3, -0.25) is 0 Å². The molecule has 0 heterocycles. The number of hydrogen-bond acceptors (Lipinski definition) is 2. The molecule has 2 nitrogen and oxygen atoms in total. The summed E-state index contributed by atoms with van der Waals surface area (Å²) >= 11 is 0. The first-order chi connectivity index (χ1) is 12.0. The van der Waals surface area contributed by atoms with Crippen molar-refractivity contribution in [1.82, 2.24) is 0 Å². The summed E-state index contributed by atoms with van der Waals surface area (Å²) in [5.74, 6) is 2.63. The minimum absolute atomic E-state index is 0. The van der Waals surface area contributed by atoms with Crippen LogP contribution < -0.4 is 34.6 Å². The SMILES string of the molecule is CC1=C([O-])CC[C@@H]1[C@@H](C)/C=C/P(=O)(c1ccccc1)c1ccccc1.[Li+]. The van der Waals surface area contributed by atoms with Gasteiger partial charge < -0.3 is 9.67 Å². The molecule has 0 saturated heterocycles. The summed E-state index contributed by atoms with van der Waals surface area (Å²) in [6.45, 7) is 4.06. The molecule has 130 valence electrons. The fraction of sp³-hybridized carbons (Fsp3) is 0.273. The summed E-state index contributed by atoms with van der Waals surface area (Å²) in [5, 5.41) is 13.5. The van der Waals surface area contributed by atoms with Crippen LogP contribution in [0, 0.1) is 11.8 Å². The third-order valence-corrected chi connectivity index (χ3v) is 7.91. The maximum Gasteiger partial charge on any atom is 1.00 e. The Balaban J connectivity index is 0.00000243. The molecule has 2 aromatic rings. The zero-order valence-electron chi connectivity index (χ0n) is 15.8. The Kier molecular flexibility index (Phi) is 7.19. The molecule has 1 aliphatic rings. The second-order valence-corrected chi connectivity index (χ2v) is 9.43. The molecule has 2 aromatic carbocycles. The minimum Gasteiger partial charge on any atom is -0.875 e. The number of hydrogen-bond donors (Lipinski definition) is 0. The maximum atomic E-state index is 13.9. The Morgan fingerprint density at radius 2 is 1.54 bits per heavy atom. The van der Waals surface area contributed by atoms with Gasteiger partial charge in [-0.2, -0.15) is 0 Å². The van der Waals surface area contributed by atoms with Gasteiger partial charge in [-0.15, -0.1) is 5.76 Å². The molecule has 26 heavy (non-hydrogen) atoms. The zero-order valence-corrected chi connectivity index (χ0v) is 16.7. The van der Waals surface area contributed by atoms with Gasteiger partial charge in [-0.05, 0) is 37.4 Å². The molecule has 0 aromatic heterocycles. The van der Waals surface area contributed by atoms with E-state index in [1.807, 2.05) is 79.5 Å². The molecule has 1 aliphatic carbocycles. The molecule has 0 fully saturated rings. The largest absolute Gasteiger partial charge is 1.00 e. The van der Waals surface area contributed by atoms with E-state index in [-0.39, 0.29) is 36.5 Å². The molecule has 0 aliphatic heterocycles. The van der Waals surface area contributed by atoms with E-state index < -0.39 is 7.14 Å². The molecule has 0 N–H and O–H groups in total. The summed E-state index contributed by atoms with van der Waals surface area (Å²) in [7, 11) is -2.83. The molecule has 3 rings (SSSR count). The van der Waals surface area contributed by atoms with Crippen molar-refractivity contribution >= 4 is 17.8 Å². The van der Waals surface area contributed by atoms with E-state index in [0.717, 1.165) is 22.6 Å². The molecule has 0 bridgehead atoms. The molecule has 0 spiro atoms. The van der Waals surface area contributed by atoms with E-state index in [4.69, 9.17) is 0 Å². The predicted octanol–water partition coefficient (Wildman–Crippen LogP) is 1.20. The summed E-state index contributed by atoms with van der Waals surface area (Å²) in [6, 6.07) is 19.3. The Hall–Kier alpha value is -1.45. The van der Waals surface area contributed by atoms with Crippen molar-refractivity contribution in [3.8, 4) is 0 Å². The first kappa shape index (κ1) is 20.9. The third-order valence-electron chi connectivity index (χ3n) is 5.19. The van der Waals surface area contributed by atoms with E-state index >= 15 is 0 Å². The fourth-order valence-corrected chi connectivity index (χ4v) is 5.96. The molecular formula is C22H24LiO2P. The van der Waals surface area contributed by atoms with E-state index in [2.05, 4.69) is 6.92 Å². The Morgan fingerprint density at radius 3 is 1.96 bits per heavy atom. The van der Waals surface area contributed by atoms with Crippen molar-refractivity contribution in [1.29, 1.82) is 0 Å². The first-order valence-corrected chi connectivity index (χ1v) is 10.6. The van der Waals surface area contributed by atoms with Gasteiger partial charge in [0.15, 0.2) is 7.14 Å².